The van der Waals surface area contributed by atoms with Gasteiger partial charge in [0.1, 0.15) is 5.78 Å². The molecule has 0 aromatic carbocycles. The fourth-order valence-electron chi connectivity index (χ4n) is 3.36. The zero-order valence-corrected chi connectivity index (χ0v) is 8.25. The molecule has 0 spiro atoms. The van der Waals surface area contributed by atoms with E-state index in [2.05, 4.69) is 0 Å². The van der Waals surface area contributed by atoms with Crippen molar-refractivity contribution in [2.75, 3.05) is 0 Å². The van der Waals surface area contributed by atoms with Gasteiger partial charge < -0.3 is 5.11 Å². The van der Waals surface area contributed by atoms with Gasteiger partial charge in [-0.05, 0) is 38.5 Å². The Balaban J connectivity index is 2.24. The topological polar surface area (TPSA) is 37.3 Å². The molecular formula is C11H18O2. The van der Waals surface area contributed by atoms with Crippen LogP contribution in [-0.4, -0.2) is 17.0 Å². The lowest BCUT2D eigenvalue weighted by Gasteiger charge is -2.36. The summed E-state index contributed by atoms with van der Waals surface area (Å²) in [5.41, 5.74) is -0.127. The molecule has 2 rings (SSSR count). The first kappa shape index (κ1) is 9.20. The highest BCUT2D eigenvalue weighted by atomic mass is 16.3. The summed E-state index contributed by atoms with van der Waals surface area (Å²) >= 11 is 0. The standard InChI is InChI=1S/C11H18O2/c1-8(12)11-5-3-2-4-9(11)6-10(13)7-11/h9-10,13H,2-7H2,1H3/t9?,10-,11-/m1/s1. The second-order valence-electron chi connectivity index (χ2n) is 4.75. The van der Waals surface area contributed by atoms with Crippen LogP contribution in [0.2, 0.25) is 0 Å². The molecule has 0 aromatic rings. The van der Waals surface area contributed by atoms with Crippen LogP contribution in [-0.2, 0) is 4.79 Å². The van der Waals surface area contributed by atoms with Crippen molar-refractivity contribution in [3.63, 3.8) is 0 Å². The molecular weight excluding hydrogens is 164 g/mol. The summed E-state index contributed by atoms with van der Waals surface area (Å²) in [5, 5.41) is 9.62. The molecule has 2 saturated carbocycles. The Morgan fingerprint density at radius 2 is 2.23 bits per heavy atom. The Bertz CT molecular complexity index is 224. The lowest BCUT2D eigenvalue weighted by molar-refractivity contribution is -0.130. The Kier molecular flexibility index (Phi) is 2.18. The molecule has 0 bridgehead atoms. The third-order valence-corrected chi connectivity index (χ3v) is 4.06. The van der Waals surface area contributed by atoms with E-state index in [9.17, 15) is 9.90 Å². The Labute approximate surface area is 79.3 Å². The Morgan fingerprint density at radius 3 is 2.85 bits per heavy atom. The maximum absolute atomic E-state index is 11.6. The number of Topliss-reactive ketones (excluding diaryl/α,β-unsaturated/α-hetero) is 1. The Hall–Kier alpha value is -0.370. The predicted octanol–water partition coefficient (Wildman–Crippen LogP) is 1.91. The molecule has 3 atom stereocenters. The zero-order valence-electron chi connectivity index (χ0n) is 8.25. The molecule has 0 radical (unpaired) electrons. The maximum Gasteiger partial charge on any atom is 0.136 e. The zero-order chi connectivity index (χ0) is 9.47. The highest BCUT2D eigenvalue weighted by molar-refractivity contribution is 5.83. The Morgan fingerprint density at radius 1 is 1.46 bits per heavy atom. The first-order valence-corrected chi connectivity index (χ1v) is 5.34. The second kappa shape index (κ2) is 3.09. The number of hydrogen-bond acceptors (Lipinski definition) is 2. The van der Waals surface area contributed by atoms with E-state index in [0.29, 0.717) is 11.7 Å². The summed E-state index contributed by atoms with van der Waals surface area (Å²) in [6, 6.07) is 0. The molecule has 0 saturated heterocycles. The van der Waals surface area contributed by atoms with Crippen molar-refractivity contribution < 1.29 is 9.90 Å². The van der Waals surface area contributed by atoms with E-state index in [1.54, 1.807) is 6.92 Å². The third-order valence-electron chi connectivity index (χ3n) is 4.06. The summed E-state index contributed by atoms with van der Waals surface area (Å²) in [4.78, 5) is 11.6. The van der Waals surface area contributed by atoms with Gasteiger partial charge in [-0.3, -0.25) is 4.79 Å². The molecule has 2 heteroatoms. The van der Waals surface area contributed by atoms with E-state index in [-0.39, 0.29) is 11.5 Å². The van der Waals surface area contributed by atoms with Crippen LogP contribution < -0.4 is 0 Å². The van der Waals surface area contributed by atoms with Crippen molar-refractivity contribution in [3.8, 4) is 0 Å². The van der Waals surface area contributed by atoms with Gasteiger partial charge in [0.2, 0.25) is 0 Å². The van der Waals surface area contributed by atoms with Gasteiger partial charge in [-0.1, -0.05) is 12.8 Å². The van der Waals surface area contributed by atoms with Gasteiger partial charge in [-0.15, -0.1) is 0 Å². The lowest BCUT2D eigenvalue weighted by atomic mass is 9.66. The SMILES string of the molecule is CC(=O)[C@]12CCCCC1C[C@@H](O)C2. The van der Waals surface area contributed by atoms with Gasteiger partial charge in [0.15, 0.2) is 0 Å². The van der Waals surface area contributed by atoms with Crippen LogP contribution in [0, 0.1) is 11.3 Å². The molecule has 0 aromatic heterocycles. The van der Waals surface area contributed by atoms with Crippen LogP contribution >= 0.6 is 0 Å². The summed E-state index contributed by atoms with van der Waals surface area (Å²) in [6.07, 6.45) is 5.95. The summed E-state index contributed by atoms with van der Waals surface area (Å²) in [5.74, 6) is 0.794. The number of fused-ring (bicyclic) bond motifs is 1. The molecule has 0 aliphatic heterocycles. The highest BCUT2D eigenvalue weighted by Gasteiger charge is 2.50. The van der Waals surface area contributed by atoms with Crippen LogP contribution in [0.15, 0.2) is 0 Å². The van der Waals surface area contributed by atoms with E-state index < -0.39 is 0 Å². The molecule has 2 aliphatic rings. The van der Waals surface area contributed by atoms with E-state index in [1.165, 1.54) is 12.8 Å². The van der Waals surface area contributed by atoms with E-state index in [0.717, 1.165) is 25.7 Å². The van der Waals surface area contributed by atoms with Crippen molar-refractivity contribution in [2.45, 2.75) is 51.6 Å². The molecule has 2 fully saturated rings. The number of carbonyl (C=O) groups is 1. The molecule has 2 nitrogen and oxygen atoms in total. The molecule has 74 valence electrons. The molecule has 2 aliphatic carbocycles. The van der Waals surface area contributed by atoms with Crippen molar-refractivity contribution >= 4 is 5.78 Å². The van der Waals surface area contributed by atoms with Crippen LogP contribution in [0.25, 0.3) is 0 Å². The van der Waals surface area contributed by atoms with Gasteiger partial charge in [-0.25, -0.2) is 0 Å². The minimum absolute atomic E-state index is 0.127. The first-order valence-electron chi connectivity index (χ1n) is 5.34. The summed E-state index contributed by atoms with van der Waals surface area (Å²) in [6.45, 7) is 1.70. The monoisotopic (exact) mass is 182 g/mol. The fraction of sp³-hybridized carbons (Fsp3) is 0.909. The number of aliphatic hydroxyl groups is 1. The quantitative estimate of drug-likeness (QED) is 0.672. The molecule has 1 unspecified atom stereocenters. The molecule has 13 heavy (non-hydrogen) atoms. The smallest absolute Gasteiger partial charge is 0.136 e. The first-order chi connectivity index (χ1) is 6.15. The highest BCUT2D eigenvalue weighted by Crippen LogP contribution is 2.52. The van der Waals surface area contributed by atoms with Crippen molar-refractivity contribution in [1.82, 2.24) is 0 Å². The number of carbonyl (C=O) groups excluding carboxylic acids is 1. The number of rotatable bonds is 1. The van der Waals surface area contributed by atoms with Crippen molar-refractivity contribution in [1.29, 1.82) is 0 Å². The average Bonchev–Trinajstić information content (AvgIpc) is 2.41. The van der Waals surface area contributed by atoms with Crippen LogP contribution in [0.5, 0.6) is 0 Å². The van der Waals surface area contributed by atoms with E-state index in [1.807, 2.05) is 0 Å². The van der Waals surface area contributed by atoms with Gasteiger partial charge >= 0.3 is 0 Å². The van der Waals surface area contributed by atoms with Crippen LogP contribution in [0.1, 0.15) is 45.4 Å². The summed E-state index contributed by atoms with van der Waals surface area (Å²) in [7, 11) is 0. The van der Waals surface area contributed by atoms with E-state index >= 15 is 0 Å². The van der Waals surface area contributed by atoms with Crippen molar-refractivity contribution in [2.24, 2.45) is 11.3 Å². The average molecular weight is 182 g/mol. The van der Waals surface area contributed by atoms with Crippen LogP contribution in [0.4, 0.5) is 0 Å². The van der Waals surface area contributed by atoms with Gasteiger partial charge in [0.25, 0.3) is 0 Å². The van der Waals surface area contributed by atoms with Crippen LogP contribution in [0.3, 0.4) is 0 Å². The van der Waals surface area contributed by atoms with Gasteiger partial charge in [-0.2, -0.15) is 0 Å². The fourth-order valence-corrected chi connectivity index (χ4v) is 3.36. The number of aliphatic hydroxyl groups excluding tert-OH is 1. The molecule has 0 amide bonds. The predicted molar refractivity (Wildman–Crippen MR) is 50.3 cm³/mol. The maximum atomic E-state index is 11.6. The minimum atomic E-state index is -0.216. The normalized spacial score (nSPS) is 44.5. The van der Waals surface area contributed by atoms with Gasteiger partial charge in [0, 0.05) is 5.41 Å². The lowest BCUT2D eigenvalue weighted by Crippen LogP contribution is -2.35. The second-order valence-corrected chi connectivity index (χ2v) is 4.75. The summed E-state index contributed by atoms with van der Waals surface area (Å²) < 4.78 is 0. The number of hydrogen-bond donors (Lipinski definition) is 1. The minimum Gasteiger partial charge on any atom is -0.393 e. The largest absolute Gasteiger partial charge is 0.393 e. The van der Waals surface area contributed by atoms with Gasteiger partial charge in [0.05, 0.1) is 6.10 Å². The third kappa shape index (κ3) is 1.32. The molecule has 0 heterocycles. The van der Waals surface area contributed by atoms with Crippen molar-refractivity contribution in [3.05, 3.63) is 0 Å². The van der Waals surface area contributed by atoms with E-state index in [4.69, 9.17) is 0 Å². The number of ketones is 1. The molecule has 1 N–H and O–H groups in total.